The van der Waals surface area contributed by atoms with E-state index >= 15 is 0 Å². The number of hydrogen-bond donors (Lipinski definition) is 0. The second-order valence-electron chi connectivity index (χ2n) is 5.64. The molecule has 3 rings (SSSR count). The van der Waals surface area contributed by atoms with E-state index in [1.165, 1.54) is 6.33 Å². The molecule has 1 aliphatic heterocycles. The Balaban J connectivity index is 1.76. The summed E-state index contributed by atoms with van der Waals surface area (Å²) >= 11 is 0. The summed E-state index contributed by atoms with van der Waals surface area (Å²) in [5, 5.41) is 4.09. The Morgan fingerprint density at radius 1 is 1.36 bits per heavy atom. The van der Waals surface area contributed by atoms with E-state index in [1.807, 2.05) is 13.8 Å². The summed E-state index contributed by atoms with van der Waals surface area (Å²) in [5.41, 5.74) is -0.0561. The molecule has 1 amide bonds. The van der Waals surface area contributed by atoms with Crippen molar-refractivity contribution in [3.05, 3.63) is 36.9 Å². The number of rotatable bonds is 3. The van der Waals surface area contributed by atoms with E-state index in [0.29, 0.717) is 19.7 Å². The summed E-state index contributed by atoms with van der Waals surface area (Å²) < 4.78 is 7.29. The molecule has 0 N–H and O–H groups in total. The minimum Gasteiger partial charge on any atom is -0.368 e. The van der Waals surface area contributed by atoms with Gasteiger partial charge in [-0.2, -0.15) is 5.10 Å². The summed E-state index contributed by atoms with van der Waals surface area (Å²) in [4.78, 5) is 26.8. The molecule has 22 heavy (non-hydrogen) atoms. The van der Waals surface area contributed by atoms with Crippen molar-refractivity contribution >= 4 is 5.91 Å². The van der Waals surface area contributed by atoms with E-state index in [9.17, 15) is 4.79 Å². The molecule has 0 spiro atoms. The molecule has 1 aliphatic rings. The van der Waals surface area contributed by atoms with Gasteiger partial charge in [0.1, 0.15) is 24.3 Å². The van der Waals surface area contributed by atoms with Crippen molar-refractivity contribution in [1.82, 2.24) is 29.6 Å². The maximum absolute atomic E-state index is 12.8. The van der Waals surface area contributed by atoms with E-state index in [1.54, 1.807) is 34.5 Å². The van der Waals surface area contributed by atoms with Crippen LogP contribution in [0.25, 0.3) is 0 Å². The molecular formula is C14H18N6O2. The second kappa shape index (κ2) is 5.80. The molecule has 0 aromatic carbocycles. The fraction of sp³-hybridized carbons (Fsp3) is 0.500. The number of amides is 1. The number of carbonyl (C=O) groups is 1. The Kier molecular flexibility index (Phi) is 3.84. The lowest BCUT2D eigenvalue weighted by Gasteiger charge is -2.37. The minimum atomic E-state index is -0.791. The van der Waals surface area contributed by atoms with Gasteiger partial charge in [0.25, 0.3) is 0 Å². The van der Waals surface area contributed by atoms with E-state index in [0.717, 1.165) is 5.69 Å². The first-order chi connectivity index (χ1) is 10.6. The molecule has 1 saturated heterocycles. The van der Waals surface area contributed by atoms with Crippen molar-refractivity contribution in [2.45, 2.75) is 25.5 Å². The number of morpholine rings is 1. The highest BCUT2D eigenvalue weighted by molar-refractivity contribution is 5.83. The van der Waals surface area contributed by atoms with E-state index in [-0.39, 0.29) is 12.0 Å². The van der Waals surface area contributed by atoms with Crippen LogP contribution in [0.5, 0.6) is 0 Å². The number of hydrogen-bond acceptors (Lipinski definition) is 6. The molecule has 116 valence electrons. The Hall–Kier alpha value is -2.35. The smallest absolute Gasteiger partial charge is 0.250 e. The lowest BCUT2D eigenvalue weighted by molar-refractivity contribution is -0.147. The normalized spacial score (nSPS) is 19.2. The van der Waals surface area contributed by atoms with Crippen LogP contribution < -0.4 is 0 Å². The molecule has 2 aromatic rings. The van der Waals surface area contributed by atoms with Gasteiger partial charge in [-0.15, -0.1) is 0 Å². The third-order valence-electron chi connectivity index (χ3n) is 3.78. The quantitative estimate of drug-likeness (QED) is 0.816. The van der Waals surface area contributed by atoms with Crippen LogP contribution in [0, 0.1) is 0 Å². The molecule has 2 aromatic heterocycles. The van der Waals surface area contributed by atoms with Gasteiger partial charge in [0, 0.05) is 18.9 Å². The van der Waals surface area contributed by atoms with E-state index in [2.05, 4.69) is 20.1 Å². The van der Waals surface area contributed by atoms with Crippen LogP contribution in [0.1, 0.15) is 25.6 Å². The standard InChI is InChI=1S/C14H18N6O2/c1-14(2,20-10-16-9-18-20)13(21)19-5-6-22-12(8-19)11-7-15-3-4-17-11/h3-4,7,9-10,12H,5-6,8H2,1-2H3. The maximum atomic E-state index is 12.8. The van der Waals surface area contributed by atoms with Crippen molar-refractivity contribution in [1.29, 1.82) is 0 Å². The fourth-order valence-corrected chi connectivity index (χ4v) is 2.47. The molecular weight excluding hydrogens is 284 g/mol. The number of carbonyl (C=O) groups excluding carboxylic acids is 1. The van der Waals surface area contributed by atoms with Crippen molar-refractivity contribution in [3.8, 4) is 0 Å². The average molecular weight is 302 g/mol. The first-order valence-electron chi connectivity index (χ1n) is 7.11. The zero-order valence-electron chi connectivity index (χ0n) is 12.6. The van der Waals surface area contributed by atoms with Gasteiger partial charge in [0.2, 0.25) is 5.91 Å². The van der Waals surface area contributed by atoms with Gasteiger partial charge in [0.05, 0.1) is 25.0 Å². The van der Waals surface area contributed by atoms with Gasteiger partial charge in [-0.25, -0.2) is 9.67 Å². The molecule has 3 heterocycles. The van der Waals surface area contributed by atoms with Crippen LogP contribution in [0.2, 0.25) is 0 Å². The predicted octanol–water partition coefficient (Wildman–Crippen LogP) is 0.403. The molecule has 8 nitrogen and oxygen atoms in total. The topological polar surface area (TPSA) is 86.0 Å². The molecule has 0 bridgehead atoms. The monoisotopic (exact) mass is 302 g/mol. The molecule has 0 radical (unpaired) electrons. The van der Waals surface area contributed by atoms with Gasteiger partial charge in [-0.05, 0) is 13.8 Å². The largest absolute Gasteiger partial charge is 0.368 e. The highest BCUT2D eigenvalue weighted by Crippen LogP contribution is 2.24. The van der Waals surface area contributed by atoms with Crippen molar-refractivity contribution < 1.29 is 9.53 Å². The Morgan fingerprint density at radius 3 is 2.91 bits per heavy atom. The van der Waals surface area contributed by atoms with Crippen LogP contribution in [0.15, 0.2) is 31.2 Å². The lowest BCUT2D eigenvalue weighted by Crippen LogP contribution is -2.51. The highest BCUT2D eigenvalue weighted by atomic mass is 16.5. The zero-order chi connectivity index (χ0) is 15.6. The Morgan fingerprint density at radius 2 is 2.23 bits per heavy atom. The molecule has 0 saturated carbocycles. The Bertz CT molecular complexity index is 628. The molecule has 1 atom stereocenters. The van der Waals surface area contributed by atoms with Gasteiger partial charge < -0.3 is 9.64 Å². The lowest BCUT2D eigenvalue weighted by atomic mass is 10.0. The Labute approximate surface area is 128 Å². The summed E-state index contributed by atoms with van der Waals surface area (Å²) in [6.07, 6.45) is 7.64. The van der Waals surface area contributed by atoms with Crippen LogP contribution in [0.3, 0.4) is 0 Å². The average Bonchev–Trinajstić information content (AvgIpc) is 3.10. The van der Waals surface area contributed by atoms with Gasteiger partial charge in [-0.3, -0.25) is 14.8 Å². The van der Waals surface area contributed by atoms with Crippen LogP contribution in [-0.2, 0) is 15.1 Å². The van der Waals surface area contributed by atoms with Crippen molar-refractivity contribution in [2.75, 3.05) is 19.7 Å². The molecule has 0 aliphatic carbocycles. The third-order valence-corrected chi connectivity index (χ3v) is 3.78. The summed E-state index contributed by atoms with van der Waals surface area (Å²) in [6.45, 7) is 5.14. The third kappa shape index (κ3) is 2.69. The number of aromatic nitrogens is 5. The first-order valence-corrected chi connectivity index (χ1v) is 7.11. The highest BCUT2D eigenvalue weighted by Gasteiger charge is 2.37. The van der Waals surface area contributed by atoms with E-state index < -0.39 is 5.54 Å². The predicted molar refractivity (Wildman–Crippen MR) is 76.6 cm³/mol. The number of nitrogens with zero attached hydrogens (tertiary/aromatic N) is 6. The van der Waals surface area contributed by atoms with Gasteiger partial charge in [-0.1, -0.05) is 0 Å². The van der Waals surface area contributed by atoms with Crippen molar-refractivity contribution in [2.24, 2.45) is 0 Å². The van der Waals surface area contributed by atoms with Gasteiger partial charge in [0.15, 0.2) is 0 Å². The minimum absolute atomic E-state index is 0.0183. The van der Waals surface area contributed by atoms with Crippen molar-refractivity contribution in [3.63, 3.8) is 0 Å². The van der Waals surface area contributed by atoms with Crippen LogP contribution in [0.4, 0.5) is 0 Å². The summed E-state index contributed by atoms with van der Waals surface area (Å²) in [5.74, 6) is -0.0183. The van der Waals surface area contributed by atoms with Crippen LogP contribution in [-0.4, -0.2) is 55.2 Å². The fourth-order valence-electron chi connectivity index (χ4n) is 2.47. The number of ether oxygens (including phenoxy) is 1. The van der Waals surface area contributed by atoms with Crippen LogP contribution >= 0.6 is 0 Å². The van der Waals surface area contributed by atoms with Gasteiger partial charge >= 0.3 is 0 Å². The summed E-state index contributed by atoms with van der Waals surface area (Å²) in [6, 6.07) is 0. The first kappa shape index (κ1) is 14.6. The zero-order valence-corrected chi connectivity index (χ0v) is 12.6. The second-order valence-corrected chi connectivity index (χ2v) is 5.64. The molecule has 1 fully saturated rings. The maximum Gasteiger partial charge on any atom is 0.250 e. The molecule has 1 unspecified atom stereocenters. The SMILES string of the molecule is CC(C)(C(=O)N1CCOC(c2cnccn2)C1)n1cncn1. The van der Waals surface area contributed by atoms with E-state index in [4.69, 9.17) is 4.74 Å². The molecule has 8 heteroatoms. The summed E-state index contributed by atoms with van der Waals surface area (Å²) in [7, 11) is 0.